The van der Waals surface area contributed by atoms with Gasteiger partial charge in [-0.05, 0) is 39.2 Å². The van der Waals surface area contributed by atoms with E-state index < -0.39 is 46.9 Å². The van der Waals surface area contributed by atoms with Crippen molar-refractivity contribution >= 4 is 29.9 Å². The summed E-state index contributed by atoms with van der Waals surface area (Å²) in [5, 5.41) is 15.8. The number of nitrogens with two attached hydrogens (primary N) is 1. The highest BCUT2D eigenvalue weighted by Crippen LogP contribution is 2.47. The monoisotopic (exact) mass is 442 g/mol. The van der Waals surface area contributed by atoms with Gasteiger partial charge in [0.05, 0.1) is 11.8 Å². The van der Waals surface area contributed by atoms with Crippen molar-refractivity contribution in [2.45, 2.75) is 50.7 Å². The number of hydrogen-bond acceptors (Lipinski definition) is 5. The van der Waals surface area contributed by atoms with Gasteiger partial charge in [0.1, 0.15) is 5.54 Å². The topological polar surface area (TPSA) is 142 Å². The number of aliphatic carboxylic acids is 1. The van der Waals surface area contributed by atoms with E-state index in [-0.39, 0.29) is 25.3 Å². The first kappa shape index (κ1) is 23.5. The van der Waals surface area contributed by atoms with Crippen molar-refractivity contribution < 1.29 is 24.3 Å². The lowest BCUT2D eigenvalue weighted by Gasteiger charge is -2.35. The molecule has 0 radical (unpaired) electrons. The molecule has 0 spiro atoms. The van der Waals surface area contributed by atoms with E-state index >= 15 is 0 Å². The first-order chi connectivity index (χ1) is 15.0. The SMILES string of the molecule is CC(C)(C)N1C(=O)C2C(C=Cc3ccccc3)NC(CCCNC(N)=O)(C(=O)O)C2C1=O. The molecule has 5 N–H and O–H groups in total. The fourth-order valence-electron chi connectivity index (χ4n) is 4.76. The molecule has 4 unspecified atom stereocenters. The lowest BCUT2D eigenvalue weighted by atomic mass is 9.77. The standard InChI is InChI=1S/C23H30N4O5/c1-22(2,3)27-18(28)16-15(11-10-14-8-5-4-6-9-14)26-23(20(30)31,17(16)19(27)29)12-7-13-25-21(24)32/h4-6,8-11,15-17,26H,7,12-13H2,1-3H3,(H,30,31)(H3,24,25,32). The van der Waals surface area contributed by atoms with Gasteiger partial charge in [0.25, 0.3) is 0 Å². The number of carboxylic acid groups (broad SMARTS) is 1. The molecule has 1 aromatic rings. The van der Waals surface area contributed by atoms with Gasteiger partial charge in [0.15, 0.2) is 0 Å². The average molecular weight is 443 g/mol. The Morgan fingerprint density at radius 3 is 2.44 bits per heavy atom. The number of likely N-dealkylation sites (tertiary alicyclic amines) is 1. The van der Waals surface area contributed by atoms with Crippen LogP contribution in [0.1, 0.15) is 39.2 Å². The molecule has 172 valence electrons. The van der Waals surface area contributed by atoms with Crippen molar-refractivity contribution in [2.24, 2.45) is 17.6 Å². The van der Waals surface area contributed by atoms with Crippen molar-refractivity contribution in [2.75, 3.05) is 6.54 Å². The Hall–Kier alpha value is -3.20. The smallest absolute Gasteiger partial charge is 0.324 e. The molecule has 0 aromatic heterocycles. The fraction of sp³-hybridized carbons (Fsp3) is 0.478. The maximum Gasteiger partial charge on any atom is 0.324 e. The van der Waals surface area contributed by atoms with Crippen molar-refractivity contribution in [3.63, 3.8) is 0 Å². The van der Waals surface area contributed by atoms with E-state index in [0.717, 1.165) is 5.56 Å². The van der Waals surface area contributed by atoms with Crippen LogP contribution in [0.2, 0.25) is 0 Å². The molecule has 2 aliphatic rings. The quantitative estimate of drug-likeness (QED) is 0.371. The van der Waals surface area contributed by atoms with Gasteiger partial charge >= 0.3 is 12.0 Å². The van der Waals surface area contributed by atoms with Gasteiger partial charge in [0.2, 0.25) is 11.8 Å². The van der Waals surface area contributed by atoms with Crippen LogP contribution in [0.15, 0.2) is 36.4 Å². The lowest BCUT2D eigenvalue weighted by Crippen LogP contribution is -2.58. The molecule has 4 amide bonds. The molecule has 9 heteroatoms. The zero-order valence-electron chi connectivity index (χ0n) is 18.5. The van der Waals surface area contributed by atoms with Crippen LogP contribution in [0, 0.1) is 11.8 Å². The summed E-state index contributed by atoms with van der Waals surface area (Å²) in [5.74, 6) is -3.94. The Bertz CT molecular complexity index is 939. The third-order valence-corrected chi connectivity index (χ3v) is 6.09. The van der Waals surface area contributed by atoms with E-state index in [9.17, 15) is 24.3 Å². The van der Waals surface area contributed by atoms with Gasteiger partial charge in [-0.3, -0.25) is 24.6 Å². The highest BCUT2D eigenvalue weighted by Gasteiger charge is 2.68. The first-order valence-electron chi connectivity index (χ1n) is 10.6. The predicted molar refractivity (Wildman–Crippen MR) is 118 cm³/mol. The zero-order chi connectivity index (χ0) is 23.7. The van der Waals surface area contributed by atoms with Crippen LogP contribution in [0.3, 0.4) is 0 Å². The highest BCUT2D eigenvalue weighted by atomic mass is 16.4. The molecule has 2 fully saturated rings. The molecule has 0 bridgehead atoms. The van der Waals surface area contributed by atoms with E-state index in [1.54, 1.807) is 26.8 Å². The summed E-state index contributed by atoms with van der Waals surface area (Å²) in [5.41, 5.74) is 3.58. The maximum absolute atomic E-state index is 13.4. The number of fused-ring (bicyclic) bond motifs is 1. The summed E-state index contributed by atoms with van der Waals surface area (Å²) in [7, 11) is 0. The van der Waals surface area contributed by atoms with Gasteiger partial charge in [-0.2, -0.15) is 0 Å². The predicted octanol–water partition coefficient (Wildman–Crippen LogP) is 1.34. The number of benzene rings is 1. The molecule has 0 aliphatic carbocycles. The van der Waals surface area contributed by atoms with Gasteiger partial charge in [-0.15, -0.1) is 0 Å². The number of rotatable bonds is 7. The molecule has 32 heavy (non-hydrogen) atoms. The molecule has 2 saturated heterocycles. The maximum atomic E-state index is 13.4. The van der Waals surface area contributed by atoms with Crippen LogP contribution >= 0.6 is 0 Å². The van der Waals surface area contributed by atoms with Crippen LogP contribution in [0.4, 0.5) is 4.79 Å². The molecule has 3 rings (SSSR count). The number of carbonyl (C=O) groups is 4. The number of primary amides is 1. The number of urea groups is 1. The van der Waals surface area contributed by atoms with Crippen LogP contribution in [-0.2, 0) is 14.4 Å². The molecule has 9 nitrogen and oxygen atoms in total. The molecular formula is C23H30N4O5. The van der Waals surface area contributed by atoms with E-state index in [1.807, 2.05) is 36.4 Å². The van der Waals surface area contributed by atoms with Crippen molar-refractivity contribution in [3.05, 3.63) is 42.0 Å². The number of nitrogens with zero attached hydrogens (tertiary/aromatic N) is 1. The second-order valence-corrected chi connectivity index (χ2v) is 9.30. The lowest BCUT2D eigenvalue weighted by molar-refractivity contribution is -0.153. The van der Waals surface area contributed by atoms with Gasteiger partial charge in [-0.25, -0.2) is 4.79 Å². The number of nitrogens with one attached hydrogen (secondary N) is 2. The summed E-state index contributed by atoms with van der Waals surface area (Å²) in [6, 6.07) is 8.09. The average Bonchev–Trinajstić information content (AvgIpc) is 3.18. The van der Waals surface area contributed by atoms with Gasteiger partial charge in [-0.1, -0.05) is 42.5 Å². The Morgan fingerprint density at radius 2 is 1.88 bits per heavy atom. The number of amides is 4. The second-order valence-electron chi connectivity index (χ2n) is 9.30. The highest BCUT2D eigenvalue weighted by molar-refractivity contribution is 6.10. The molecule has 4 atom stereocenters. The van der Waals surface area contributed by atoms with E-state index in [0.29, 0.717) is 0 Å². The van der Waals surface area contributed by atoms with Crippen molar-refractivity contribution in [1.29, 1.82) is 0 Å². The zero-order valence-corrected chi connectivity index (χ0v) is 18.5. The number of hydrogen-bond donors (Lipinski definition) is 4. The van der Waals surface area contributed by atoms with E-state index in [2.05, 4.69) is 10.6 Å². The van der Waals surface area contributed by atoms with Crippen LogP contribution in [0.5, 0.6) is 0 Å². The Kier molecular flexibility index (Phi) is 6.41. The number of carbonyl (C=O) groups excluding carboxylic acids is 3. The molecule has 0 saturated carbocycles. The van der Waals surface area contributed by atoms with Crippen LogP contribution < -0.4 is 16.4 Å². The third-order valence-electron chi connectivity index (χ3n) is 6.09. The number of carboxylic acids is 1. The minimum absolute atomic E-state index is 0.0520. The minimum atomic E-state index is -1.64. The second kappa shape index (κ2) is 8.74. The molecular weight excluding hydrogens is 412 g/mol. The Labute approximate surface area is 187 Å². The normalized spacial score (nSPS) is 27.7. The van der Waals surface area contributed by atoms with Crippen molar-refractivity contribution in [3.8, 4) is 0 Å². The van der Waals surface area contributed by atoms with Crippen LogP contribution in [-0.4, -0.2) is 57.5 Å². The summed E-state index contributed by atoms with van der Waals surface area (Å²) in [6.45, 7) is 5.43. The number of imide groups is 1. The third kappa shape index (κ3) is 4.25. The minimum Gasteiger partial charge on any atom is -0.480 e. The molecule has 2 heterocycles. The van der Waals surface area contributed by atoms with Crippen LogP contribution in [0.25, 0.3) is 6.08 Å². The molecule has 1 aromatic carbocycles. The van der Waals surface area contributed by atoms with E-state index in [1.165, 1.54) is 4.90 Å². The van der Waals surface area contributed by atoms with E-state index in [4.69, 9.17) is 5.73 Å². The first-order valence-corrected chi connectivity index (χ1v) is 10.6. The molecule has 2 aliphatic heterocycles. The van der Waals surface area contributed by atoms with Gasteiger partial charge < -0.3 is 16.2 Å². The summed E-state index contributed by atoms with van der Waals surface area (Å²) < 4.78 is 0. The summed E-state index contributed by atoms with van der Waals surface area (Å²) in [4.78, 5) is 51.5. The Balaban J connectivity index is 1.99. The largest absolute Gasteiger partial charge is 0.480 e. The summed E-state index contributed by atoms with van der Waals surface area (Å²) >= 11 is 0. The van der Waals surface area contributed by atoms with Gasteiger partial charge in [0, 0.05) is 18.1 Å². The fourth-order valence-corrected chi connectivity index (χ4v) is 4.76. The Morgan fingerprint density at radius 1 is 1.22 bits per heavy atom. The van der Waals surface area contributed by atoms with Crippen molar-refractivity contribution in [1.82, 2.24) is 15.5 Å². The summed E-state index contributed by atoms with van der Waals surface area (Å²) in [6.07, 6.45) is 3.91.